The molecule has 0 unspecified atom stereocenters. The number of hydrogen-bond acceptors (Lipinski definition) is 5. The quantitative estimate of drug-likeness (QED) is 0.848. The van der Waals surface area contributed by atoms with E-state index in [1.165, 1.54) is 4.31 Å². The first kappa shape index (κ1) is 12.5. The van der Waals surface area contributed by atoms with Crippen LogP contribution in [0.2, 0.25) is 0 Å². The third-order valence-electron chi connectivity index (χ3n) is 3.13. The van der Waals surface area contributed by atoms with Crippen molar-refractivity contribution in [2.75, 3.05) is 13.1 Å². The number of nitrogens with two attached hydrogens (primary N) is 1. The summed E-state index contributed by atoms with van der Waals surface area (Å²) in [5, 5.41) is 3.69. The molecule has 2 N–H and O–H groups in total. The van der Waals surface area contributed by atoms with Gasteiger partial charge in [0.2, 0.25) is 10.0 Å². The van der Waals surface area contributed by atoms with Crippen molar-refractivity contribution in [3.8, 4) is 0 Å². The molecule has 1 aliphatic heterocycles. The van der Waals surface area contributed by atoms with E-state index in [0.29, 0.717) is 24.5 Å². The van der Waals surface area contributed by atoms with Crippen LogP contribution >= 0.6 is 0 Å². The predicted molar refractivity (Wildman–Crippen MR) is 61.9 cm³/mol. The zero-order valence-corrected chi connectivity index (χ0v) is 10.8. The lowest BCUT2D eigenvalue weighted by Crippen LogP contribution is -2.40. The molecule has 96 valence electrons. The summed E-state index contributed by atoms with van der Waals surface area (Å²) < 4.78 is 31.3. The Morgan fingerprint density at radius 1 is 1.53 bits per heavy atom. The van der Waals surface area contributed by atoms with Crippen molar-refractivity contribution in [3.05, 3.63) is 11.5 Å². The second-order valence-electron chi connectivity index (χ2n) is 4.30. The Morgan fingerprint density at radius 3 is 2.76 bits per heavy atom. The summed E-state index contributed by atoms with van der Waals surface area (Å²) in [5.74, 6) is 0.338. The largest absolute Gasteiger partial charge is 0.360 e. The minimum Gasteiger partial charge on any atom is -0.360 e. The fourth-order valence-corrected chi connectivity index (χ4v) is 4.32. The standard InChI is InChI=1S/C10H17N3O3S/c1-7-10(8(2)16-12-7)17(14,15)13-5-3-4-9(13)6-11/h9H,3-6,11H2,1-2H3/t9-/m0/s1. The average Bonchev–Trinajstić information content (AvgIpc) is 2.85. The fourth-order valence-electron chi connectivity index (χ4n) is 2.32. The van der Waals surface area contributed by atoms with Gasteiger partial charge in [0.1, 0.15) is 10.6 Å². The van der Waals surface area contributed by atoms with Gasteiger partial charge in [-0.3, -0.25) is 0 Å². The SMILES string of the molecule is Cc1noc(C)c1S(=O)(=O)N1CCC[C@H]1CN. The van der Waals surface area contributed by atoms with Gasteiger partial charge in [0.15, 0.2) is 5.76 Å². The van der Waals surface area contributed by atoms with Crippen LogP contribution in [0.3, 0.4) is 0 Å². The first-order valence-corrected chi connectivity index (χ1v) is 7.07. The number of rotatable bonds is 3. The molecule has 2 rings (SSSR count). The molecule has 0 saturated carbocycles. The van der Waals surface area contributed by atoms with Crippen molar-refractivity contribution in [2.45, 2.75) is 37.6 Å². The summed E-state index contributed by atoms with van der Waals surface area (Å²) >= 11 is 0. The molecule has 0 amide bonds. The molecule has 0 aromatic carbocycles. The highest BCUT2D eigenvalue weighted by molar-refractivity contribution is 7.89. The molecule has 1 aromatic heterocycles. The smallest absolute Gasteiger partial charge is 0.248 e. The lowest BCUT2D eigenvalue weighted by atomic mass is 10.2. The highest BCUT2D eigenvalue weighted by atomic mass is 32.2. The lowest BCUT2D eigenvalue weighted by Gasteiger charge is -2.22. The predicted octanol–water partition coefficient (Wildman–Crippen LogP) is 0.403. The van der Waals surface area contributed by atoms with Crippen molar-refractivity contribution in [3.63, 3.8) is 0 Å². The molecule has 1 aromatic rings. The molecule has 6 nitrogen and oxygen atoms in total. The zero-order valence-electron chi connectivity index (χ0n) is 10.0. The van der Waals surface area contributed by atoms with Gasteiger partial charge in [-0.2, -0.15) is 4.31 Å². The summed E-state index contributed by atoms with van der Waals surface area (Å²) in [6, 6.07) is -0.103. The molecule has 1 saturated heterocycles. The topological polar surface area (TPSA) is 89.4 Å². The van der Waals surface area contributed by atoms with Crippen LogP contribution in [0.4, 0.5) is 0 Å². The van der Waals surface area contributed by atoms with Crippen LogP contribution in [-0.2, 0) is 10.0 Å². The van der Waals surface area contributed by atoms with Crippen molar-refractivity contribution in [1.29, 1.82) is 0 Å². The monoisotopic (exact) mass is 259 g/mol. The van der Waals surface area contributed by atoms with E-state index in [-0.39, 0.29) is 10.9 Å². The normalized spacial score (nSPS) is 22.2. The summed E-state index contributed by atoms with van der Waals surface area (Å²) in [5.41, 5.74) is 6.01. The maximum absolute atomic E-state index is 12.5. The molecule has 0 spiro atoms. The maximum Gasteiger partial charge on any atom is 0.248 e. The van der Waals surface area contributed by atoms with Crippen LogP contribution in [0.25, 0.3) is 0 Å². The number of hydrogen-bond donors (Lipinski definition) is 1. The van der Waals surface area contributed by atoms with Gasteiger partial charge < -0.3 is 10.3 Å². The van der Waals surface area contributed by atoms with E-state index in [9.17, 15) is 8.42 Å². The van der Waals surface area contributed by atoms with Crippen molar-refractivity contribution in [2.24, 2.45) is 5.73 Å². The van der Waals surface area contributed by atoms with Crippen molar-refractivity contribution >= 4 is 10.0 Å². The van der Waals surface area contributed by atoms with E-state index in [0.717, 1.165) is 12.8 Å². The molecular weight excluding hydrogens is 242 g/mol. The van der Waals surface area contributed by atoms with Gasteiger partial charge in [-0.05, 0) is 26.7 Å². The maximum atomic E-state index is 12.5. The van der Waals surface area contributed by atoms with Crippen molar-refractivity contribution in [1.82, 2.24) is 9.46 Å². The lowest BCUT2D eigenvalue weighted by molar-refractivity contribution is 0.383. The Balaban J connectivity index is 2.43. The first-order chi connectivity index (χ1) is 7.98. The minimum absolute atomic E-state index is 0.103. The van der Waals surface area contributed by atoms with Crippen LogP contribution in [0, 0.1) is 13.8 Å². The van der Waals surface area contributed by atoms with Gasteiger partial charge in [-0.25, -0.2) is 8.42 Å². The summed E-state index contributed by atoms with van der Waals surface area (Å²) in [6.07, 6.45) is 1.67. The first-order valence-electron chi connectivity index (χ1n) is 5.63. The molecular formula is C10H17N3O3S. The highest BCUT2D eigenvalue weighted by Gasteiger charge is 2.37. The molecule has 17 heavy (non-hydrogen) atoms. The number of aryl methyl sites for hydroxylation is 2. The molecule has 0 bridgehead atoms. The van der Waals surface area contributed by atoms with E-state index >= 15 is 0 Å². The Bertz CT molecular complexity index is 489. The minimum atomic E-state index is -3.52. The highest BCUT2D eigenvalue weighted by Crippen LogP contribution is 2.29. The van der Waals surface area contributed by atoms with Crippen LogP contribution in [-0.4, -0.2) is 37.0 Å². The molecule has 1 atom stereocenters. The number of aromatic nitrogens is 1. The van der Waals surface area contributed by atoms with E-state index in [2.05, 4.69) is 5.16 Å². The molecule has 7 heteroatoms. The molecule has 2 heterocycles. The van der Waals surface area contributed by atoms with Gasteiger partial charge >= 0.3 is 0 Å². The van der Waals surface area contributed by atoms with Gasteiger partial charge in [-0.15, -0.1) is 0 Å². The van der Waals surface area contributed by atoms with Gasteiger partial charge in [0, 0.05) is 19.1 Å². The van der Waals surface area contributed by atoms with E-state index in [1.807, 2.05) is 0 Å². The van der Waals surface area contributed by atoms with Gasteiger partial charge in [0.25, 0.3) is 0 Å². The summed E-state index contributed by atoms with van der Waals surface area (Å²) in [4.78, 5) is 0.192. The van der Waals surface area contributed by atoms with Gasteiger partial charge in [0.05, 0.1) is 0 Å². The third-order valence-corrected chi connectivity index (χ3v) is 5.33. The Kier molecular flexibility index (Phi) is 3.24. The Hall–Kier alpha value is -0.920. The molecule has 1 fully saturated rings. The second kappa shape index (κ2) is 4.40. The van der Waals surface area contributed by atoms with Crippen LogP contribution in [0.5, 0.6) is 0 Å². The Labute approximate surface area is 101 Å². The Morgan fingerprint density at radius 2 is 2.24 bits per heavy atom. The van der Waals surface area contributed by atoms with E-state index < -0.39 is 10.0 Å². The van der Waals surface area contributed by atoms with Crippen LogP contribution in [0.15, 0.2) is 9.42 Å². The van der Waals surface area contributed by atoms with Crippen molar-refractivity contribution < 1.29 is 12.9 Å². The zero-order chi connectivity index (χ0) is 12.6. The third kappa shape index (κ3) is 1.98. The molecule has 0 radical (unpaired) electrons. The van der Waals surface area contributed by atoms with E-state index in [4.69, 9.17) is 10.3 Å². The van der Waals surface area contributed by atoms with Crippen LogP contribution < -0.4 is 5.73 Å². The molecule has 0 aliphatic carbocycles. The fraction of sp³-hybridized carbons (Fsp3) is 0.700. The second-order valence-corrected chi connectivity index (χ2v) is 6.13. The van der Waals surface area contributed by atoms with Crippen LogP contribution in [0.1, 0.15) is 24.3 Å². The molecule has 1 aliphatic rings. The van der Waals surface area contributed by atoms with E-state index in [1.54, 1.807) is 13.8 Å². The summed E-state index contributed by atoms with van der Waals surface area (Å²) in [7, 11) is -3.52. The summed E-state index contributed by atoms with van der Waals surface area (Å²) in [6.45, 7) is 4.12. The number of nitrogens with zero attached hydrogens (tertiary/aromatic N) is 2. The number of sulfonamides is 1. The average molecular weight is 259 g/mol. The van der Waals surface area contributed by atoms with Gasteiger partial charge in [-0.1, -0.05) is 5.16 Å².